The zero-order valence-corrected chi connectivity index (χ0v) is 12.8. The maximum Gasteiger partial charge on any atom is 0.240 e. The summed E-state index contributed by atoms with van der Waals surface area (Å²) < 4.78 is 40.0. The Morgan fingerprint density at radius 2 is 1.90 bits per heavy atom. The van der Waals surface area contributed by atoms with Gasteiger partial charge in [0.1, 0.15) is 5.82 Å². The first kappa shape index (κ1) is 15.1. The van der Waals surface area contributed by atoms with Crippen LogP contribution in [-0.2, 0) is 16.4 Å². The van der Waals surface area contributed by atoms with Gasteiger partial charge in [-0.15, -0.1) is 0 Å². The second kappa shape index (κ2) is 6.43. The van der Waals surface area contributed by atoms with Crippen molar-refractivity contribution in [2.45, 2.75) is 11.3 Å². The van der Waals surface area contributed by atoms with E-state index in [9.17, 15) is 12.8 Å². The molecule has 1 aromatic carbocycles. The zero-order valence-electron chi connectivity index (χ0n) is 10.4. The lowest BCUT2D eigenvalue weighted by Crippen LogP contribution is -2.26. The number of hydrogen-bond donors (Lipinski definition) is 1. The fourth-order valence-electron chi connectivity index (χ4n) is 1.61. The maximum absolute atomic E-state index is 13.4. The van der Waals surface area contributed by atoms with Crippen LogP contribution in [0.1, 0.15) is 5.56 Å². The van der Waals surface area contributed by atoms with E-state index in [0.717, 1.165) is 11.6 Å². The minimum Gasteiger partial charge on any atom is -0.265 e. The zero-order chi connectivity index (χ0) is 14.6. The third-order valence-electron chi connectivity index (χ3n) is 2.66. The molecule has 2 aromatic rings. The summed E-state index contributed by atoms with van der Waals surface area (Å²) in [5.74, 6) is -0.609. The SMILES string of the molecule is O=S(=O)(NCCc1ccncc1)c1ccc(Br)c(F)c1. The minimum atomic E-state index is -3.70. The first-order valence-corrected chi connectivity index (χ1v) is 8.10. The van der Waals surface area contributed by atoms with Crippen molar-refractivity contribution in [3.05, 3.63) is 58.6 Å². The molecule has 7 heteroatoms. The monoisotopic (exact) mass is 358 g/mol. The second-order valence-electron chi connectivity index (χ2n) is 4.08. The Morgan fingerprint density at radius 1 is 1.20 bits per heavy atom. The van der Waals surface area contributed by atoms with Crippen molar-refractivity contribution >= 4 is 26.0 Å². The average Bonchev–Trinajstić information content (AvgIpc) is 2.43. The van der Waals surface area contributed by atoms with Crippen molar-refractivity contribution in [1.82, 2.24) is 9.71 Å². The van der Waals surface area contributed by atoms with Crippen LogP contribution >= 0.6 is 15.9 Å². The molecule has 0 radical (unpaired) electrons. The normalized spacial score (nSPS) is 11.5. The molecule has 1 aromatic heterocycles. The van der Waals surface area contributed by atoms with Crippen molar-refractivity contribution in [2.24, 2.45) is 0 Å². The maximum atomic E-state index is 13.4. The van der Waals surface area contributed by atoms with Gasteiger partial charge in [-0.25, -0.2) is 17.5 Å². The number of sulfonamides is 1. The van der Waals surface area contributed by atoms with Crippen LogP contribution in [0, 0.1) is 5.82 Å². The van der Waals surface area contributed by atoms with E-state index in [4.69, 9.17) is 0 Å². The smallest absolute Gasteiger partial charge is 0.240 e. The van der Waals surface area contributed by atoms with Crippen LogP contribution in [0.5, 0.6) is 0 Å². The van der Waals surface area contributed by atoms with Gasteiger partial charge in [0.15, 0.2) is 0 Å². The number of nitrogens with one attached hydrogen (secondary N) is 1. The van der Waals surface area contributed by atoms with Crippen LogP contribution in [0.3, 0.4) is 0 Å². The second-order valence-corrected chi connectivity index (χ2v) is 6.70. The van der Waals surface area contributed by atoms with Gasteiger partial charge < -0.3 is 0 Å². The van der Waals surface area contributed by atoms with Crippen molar-refractivity contribution < 1.29 is 12.8 Å². The number of rotatable bonds is 5. The molecule has 0 spiro atoms. The molecule has 0 unspecified atom stereocenters. The van der Waals surface area contributed by atoms with Gasteiger partial charge in [0.2, 0.25) is 10.0 Å². The average molecular weight is 359 g/mol. The molecule has 0 aliphatic carbocycles. The Balaban J connectivity index is 2.02. The van der Waals surface area contributed by atoms with Gasteiger partial charge in [-0.3, -0.25) is 4.98 Å². The highest BCUT2D eigenvalue weighted by molar-refractivity contribution is 9.10. The lowest BCUT2D eigenvalue weighted by Gasteiger charge is -2.07. The van der Waals surface area contributed by atoms with Gasteiger partial charge in [0.25, 0.3) is 0 Å². The van der Waals surface area contributed by atoms with Crippen LogP contribution in [0.4, 0.5) is 4.39 Å². The van der Waals surface area contributed by atoms with Crippen molar-refractivity contribution in [3.8, 4) is 0 Å². The molecular weight excluding hydrogens is 347 g/mol. The van der Waals surface area contributed by atoms with Gasteiger partial charge in [0.05, 0.1) is 9.37 Å². The van der Waals surface area contributed by atoms with Crippen molar-refractivity contribution in [2.75, 3.05) is 6.54 Å². The summed E-state index contributed by atoms with van der Waals surface area (Å²) in [7, 11) is -3.70. The predicted molar refractivity (Wildman–Crippen MR) is 77.2 cm³/mol. The van der Waals surface area contributed by atoms with Gasteiger partial charge in [-0.1, -0.05) is 0 Å². The molecule has 1 N–H and O–H groups in total. The lowest BCUT2D eigenvalue weighted by molar-refractivity contribution is 0.577. The van der Waals surface area contributed by atoms with E-state index in [1.165, 1.54) is 12.1 Å². The highest BCUT2D eigenvalue weighted by Crippen LogP contribution is 2.19. The van der Waals surface area contributed by atoms with Crippen LogP contribution in [0.2, 0.25) is 0 Å². The fraction of sp³-hybridized carbons (Fsp3) is 0.154. The van der Waals surface area contributed by atoms with Gasteiger partial charge >= 0.3 is 0 Å². The fourth-order valence-corrected chi connectivity index (χ4v) is 2.90. The van der Waals surface area contributed by atoms with Gasteiger partial charge in [0, 0.05) is 18.9 Å². The number of nitrogens with zero attached hydrogens (tertiary/aromatic N) is 1. The Bertz CT molecular complexity index is 693. The summed E-state index contributed by atoms with van der Waals surface area (Å²) in [5, 5.41) is 0. The Labute approximate surface area is 125 Å². The van der Waals surface area contributed by atoms with E-state index in [-0.39, 0.29) is 15.9 Å². The molecule has 0 amide bonds. The predicted octanol–water partition coefficient (Wildman–Crippen LogP) is 2.50. The number of hydrogen-bond acceptors (Lipinski definition) is 3. The Morgan fingerprint density at radius 3 is 2.55 bits per heavy atom. The summed E-state index contributed by atoms with van der Waals surface area (Å²) in [6.45, 7) is 0.240. The standard InChI is InChI=1S/C13H12BrFN2O2S/c14-12-2-1-11(9-13(12)15)20(18,19)17-8-5-10-3-6-16-7-4-10/h1-4,6-7,9,17H,5,8H2. The van der Waals surface area contributed by atoms with Crippen LogP contribution in [-0.4, -0.2) is 19.9 Å². The summed E-state index contributed by atoms with van der Waals surface area (Å²) in [5.41, 5.74) is 0.977. The van der Waals surface area contributed by atoms with Crippen molar-refractivity contribution in [3.63, 3.8) is 0 Å². The number of halogens is 2. The van der Waals surface area contributed by atoms with Crippen molar-refractivity contribution in [1.29, 1.82) is 0 Å². The molecule has 0 atom stereocenters. The molecular formula is C13H12BrFN2O2S. The summed E-state index contributed by atoms with van der Waals surface area (Å²) >= 11 is 2.98. The molecule has 1 heterocycles. The lowest BCUT2D eigenvalue weighted by atomic mass is 10.2. The highest BCUT2D eigenvalue weighted by Gasteiger charge is 2.15. The first-order chi connectivity index (χ1) is 9.49. The van der Waals surface area contributed by atoms with Gasteiger partial charge in [-0.2, -0.15) is 0 Å². The molecule has 4 nitrogen and oxygen atoms in total. The van der Waals surface area contributed by atoms with E-state index in [1.54, 1.807) is 12.4 Å². The van der Waals surface area contributed by atoms with E-state index in [0.29, 0.717) is 6.42 Å². The third kappa shape index (κ3) is 3.84. The van der Waals surface area contributed by atoms with Crippen LogP contribution in [0.25, 0.3) is 0 Å². The number of pyridine rings is 1. The number of benzene rings is 1. The topological polar surface area (TPSA) is 59.1 Å². The first-order valence-electron chi connectivity index (χ1n) is 5.83. The highest BCUT2D eigenvalue weighted by atomic mass is 79.9. The van der Waals surface area contributed by atoms with E-state index in [2.05, 4.69) is 25.6 Å². The quantitative estimate of drug-likeness (QED) is 0.893. The molecule has 20 heavy (non-hydrogen) atoms. The third-order valence-corrected chi connectivity index (χ3v) is 4.76. The minimum absolute atomic E-state index is 0.0899. The molecule has 0 aliphatic heterocycles. The van der Waals surface area contributed by atoms with Crippen LogP contribution in [0.15, 0.2) is 52.1 Å². The van der Waals surface area contributed by atoms with E-state index < -0.39 is 15.8 Å². The molecule has 0 fully saturated rings. The molecule has 106 valence electrons. The Kier molecular flexibility index (Phi) is 4.85. The van der Waals surface area contributed by atoms with E-state index in [1.807, 2.05) is 12.1 Å². The van der Waals surface area contributed by atoms with Crippen LogP contribution < -0.4 is 4.72 Å². The summed E-state index contributed by atoms with van der Waals surface area (Å²) in [4.78, 5) is 3.79. The summed E-state index contributed by atoms with van der Waals surface area (Å²) in [6.07, 6.45) is 3.84. The molecule has 0 saturated heterocycles. The molecule has 0 bridgehead atoms. The summed E-state index contributed by atoms with van der Waals surface area (Å²) in [6, 6.07) is 7.33. The largest absolute Gasteiger partial charge is 0.265 e. The molecule has 0 aliphatic rings. The molecule has 2 rings (SSSR count). The van der Waals surface area contributed by atoms with E-state index >= 15 is 0 Å². The Hall–Kier alpha value is -1.31. The van der Waals surface area contributed by atoms with Gasteiger partial charge in [-0.05, 0) is 58.2 Å². The number of aromatic nitrogens is 1. The molecule has 0 saturated carbocycles.